The Bertz CT molecular complexity index is 867. The molecule has 8 heteroatoms. The maximum absolute atomic E-state index is 12.4. The first-order valence-corrected chi connectivity index (χ1v) is 7.59. The van der Waals surface area contributed by atoms with Gasteiger partial charge in [-0.3, -0.25) is 14.9 Å². The van der Waals surface area contributed by atoms with Crippen molar-refractivity contribution >= 4 is 23.1 Å². The lowest BCUT2D eigenvalue weighted by Gasteiger charge is -2.31. The molecule has 0 spiro atoms. The molecular formula is C16H12ClN3O4. The van der Waals surface area contributed by atoms with Crippen LogP contribution in [-0.4, -0.2) is 10.7 Å². The van der Waals surface area contributed by atoms with Gasteiger partial charge in [0.25, 0.3) is 5.69 Å². The zero-order chi connectivity index (χ0) is 17.4. The largest absolute Gasteiger partial charge is 0.444 e. The number of rotatable bonds is 2. The number of Topliss-reactive ketones (excluding diaryl/α,β-unsaturated/α-hetero) is 1. The molecule has 3 rings (SSSR count). The summed E-state index contributed by atoms with van der Waals surface area (Å²) >= 11 is 6.20. The van der Waals surface area contributed by atoms with Gasteiger partial charge in [-0.05, 0) is 18.1 Å². The number of nitro groups is 1. The molecule has 1 aromatic rings. The van der Waals surface area contributed by atoms with Gasteiger partial charge < -0.3 is 10.5 Å². The fourth-order valence-electron chi connectivity index (χ4n) is 3.03. The maximum atomic E-state index is 12.4. The predicted octanol–water partition coefficient (Wildman–Crippen LogP) is 3.06. The Morgan fingerprint density at radius 1 is 1.42 bits per heavy atom. The number of ether oxygens (including phenoxy) is 1. The van der Waals surface area contributed by atoms with E-state index >= 15 is 0 Å². The van der Waals surface area contributed by atoms with Crippen LogP contribution >= 0.6 is 11.6 Å². The van der Waals surface area contributed by atoms with Gasteiger partial charge in [0.2, 0.25) is 5.88 Å². The summed E-state index contributed by atoms with van der Waals surface area (Å²) in [5, 5.41) is 20.4. The number of nitrogens with two attached hydrogens (primary N) is 1. The van der Waals surface area contributed by atoms with Crippen molar-refractivity contribution in [1.82, 2.24) is 0 Å². The molecule has 0 aromatic heterocycles. The van der Waals surface area contributed by atoms with Crippen molar-refractivity contribution in [1.29, 1.82) is 5.26 Å². The number of ketones is 1. The molecule has 1 aliphatic heterocycles. The standard InChI is InChI=1S/C16H12ClN3O4/c17-11-6-8(20(22)23)4-5-9(11)14-10(7-18)16(19)24-13-3-1-2-12(21)15(13)14/h4-6,14H,1-3,19H2/t14-/m0/s1. The van der Waals surface area contributed by atoms with Crippen molar-refractivity contribution in [3.8, 4) is 6.07 Å². The lowest BCUT2D eigenvalue weighted by Crippen LogP contribution is -2.27. The van der Waals surface area contributed by atoms with E-state index in [0.29, 0.717) is 36.2 Å². The highest BCUT2D eigenvalue weighted by molar-refractivity contribution is 6.31. The van der Waals surface area contributed by atoms with Crippen molar-refractivity contribution in [2.45, 2.75) is 25.2 Å². The molecule has 2 aliphatic rings. The van der Waals surface area contributed by atoms with Crippen LogP contribution in [0.15, 0.2) is 41.0 Å². The van der Waals surface area contributed by atoms with E-state index in [0.717, 1.165) is 0 Å². The molecule has 0 saturated carbocycles. The first kappa shape index (κ1) is 16.0. The highest BCUT2D eigenvalue weighted by Crippen LogP contribution is 2.45. The molecular weight excluding hydrogens is 334 g/mol. The zero-order valence-corrected chi connectivity index (χ0v) is 13.2. The molecule has 0 amide bonds. The van der Waals surface area contributed by atoms with Gasteiger partial charge >= 0.3 is 0 Å². The third kappa shape index (κ3) is 2.51. The van der Waals surface area contributed by atoms with Gasteiger partial charge in [0.15, 0.2) is 5.78 Å². The molecule has 0 fully saturated rings. The maximum Gasteiger partial charge on any atom is 0.270 e. The number of carbonyl (C=O) groups excluding carboxylic acids is 1. The van der Waals surface area contributed by atoms with Crippen LogP contribution in [0.2, 0.25) is 5.02 Å². The molecule has 1 heterocycles. The Labute approximate surface area is 142 Å². The van der Waals surface area contributed by atoms with E-state index in [1.165, 1.54) is 18.2 Å². The molecule has 0 bridgehead atoms. The van der Waals surface area contributed by atoms with Gasteiger partial charge in [-0.15, -0.1) is 0 Å². The minimum Gasteiger partial charge on any atom is -0.444 e. The second kappa shape index (κ2) is 5.98. The molecule has 1 atom stereocenters. The predicted molar refractivity (Wildman–Crippen MR) is 84.6 cm³/mol. The summed E-state index contributed by atoms with van der Waals surface area (Å²) < 4.78 is 5.46. The quantitative estimate of drug-likeness (QED) is 0.649. The summed E-state index contributed by atoms with van der Waals surface area (Å²) in [6.45, 7) is 0. The van der Waals surface area contributed by atoms with E-state index in [4.69, 9.17) is 22.1 Å². The summed E-state index contributed by atoms with van der Waals surface area (Å²) in [5.74, 6) is -0.511. The number of non-ortho nitro benzene ring substituents is 1. The molecule has 0 saturated heterocycles. The number of benzene rings is 1. The first-order chi connectivity index (χ1) is 11.4. The van der Waals surface area contributed by atoms with Gasteiger partial charge in [-0.2, -0.15) is 5.26 Å². The number of hydrogen-bond acceptors (Lipinski definition) is 6. The van der Waals surface area contributed by atoms with Crippen molar-refractivity contribution in [2.24, 2.45) is 5.73 Å². The van der Waals surface area contributed by atoms with Crippen LogP contribution in [0.4, 0.5) is 5.69 Å². The number of halogens is 1. The Hall–Kier alpha value is -2.85. The third-order valence-corrected chi connectivity index (χ3v) is 4.44. The molecule has 7 nitrogen and oxygen atoms in total. The zero-order valence-electron chi connectivity index (χ0n) is 12.4. The third-order valence-electron chi connectivity index (χ3n) is 4.11. The van der Waals surface area contributed by atoms with Crippen molar-refractivity contribution in [3.05, 3.63) is 61.7 Å². The van der Waals surface area contributed by atoms with Gasteiger partial charge in [-0.25, -0.2) is 0 Å². The lowest BCUT2D eigenvalue weighted by molar-refractivity contribution is -0.384. The van der Waals surface area contributed by atoms with Gasteiger partial charge in [0, 0.05) is 30.5 Å². The molecule has 1 aliphatic carbocycles. The van der Waals surface area contributed by atoms with Crippen molar-refractivity contribution in [3.63, 3.8) is 0 Å². The van der Waals surface area contributed by atoms with E-state index < -0.39 is 10.8 Å². The highest BCUT2D eigenvalue weighted by atomic mass is 35.5. The summed E-state index contributed by atoms with van der Waals surface area (Å²) in [6, 6.07) is 5.91. The Morgan fingerprint density at radius 2 is 2.17 bits per heavy atom. The van der Waals surface area contributed by atoms with E-state index in [9.17, 15) is 20.2 Å². The number of nitro benzene ring substituents is 1. The summed E-state index contributed by atoms with van der Waals surface area (Å²) in [6.07, 6.45) is 1.54. The number of nitrogens with zero attached hydrogens (tertiary/aromatic N) is 2. The van der Waals surface area contributed by atoms with Crippen LogP contribution in [0.3, 0.4) is 0 Å². The van der Waals surface area contributed by atoms with Gasteiger partial charge in [-0.1, -0.05) is 11.6 Å². The molecule has 0 radical (unpaired) electrons. The second-order valence-corrected chi connectivity index (χ2v) is 5.91. The number of allylic oxidation sites excluding steroid dienone is 3. The number of nitriles is 1. The molecule has 0 unspecified atom stereocenters. The Kier molecular flexibility index (Phi) is 3.99. The normalized spacial score (nSPS) is 20.3. The van der Waals surface area contributed by atoms with Crippen molar-refractivity contribution in [2.75, 3.05) is 0 Å². The Balaban J connectivity index is 2.20. The molecule has 122 valence electrons. The van der Waals surface area contributed by atoms with E-state index in [2.05, 4.69) is 0 Å². The van der Waals surface area contributed by atoms with Crippen LogP contribution in [-0.2, 0) is 9.53 Å². The van der Waals surface area contributed by atoms with Crippen LogP contribution in [0.5, 0.6) is 0 Å². The van der Waals surface area contributed by atoms with Crippen LogP contribution < -0.4 is 5.73 Å². The molecule has 2 N–H and O–H groups in total. The van der Waals surface area contributed by atoms with Crippen LogP contribution in [0, 0.1) is 21.4 Å². The minimum absolute atomic E-state index is 0.0645. The average Bonchev–Trinajstić information content (AvgIpc) is 2.53. The smallest absolute Gasteiger partial charge is 0.270 e. The summed E-state index contributed by atoms with van der Waals surface area (Å²) in [4.78, 5) is 22.7. The number of carbonyl (C=O) groups is 1. The average molecular weight is 346 g/mol. The van der Waals surface area contributed by atoms with Crippen LogP contribution in [0.1, 0.15) is 30.7 Å². The molecule has 24 heavy (non-hydrogen) atoms. The van der Waals surface area contributed by atoms with Gasteiger partial charge in [0.05, 0.1) is 15.9 Å². The lowest BCUT2D eigenvalue weighted by atomic mass is 9.77. The number of hydrogen-bond donors (Lipinski definition) is 1. The highest BCUT2D eigenvalue weighted by Gasteiger charge is 2.39. The SMILES string of the molecule is N#CC1=C(N)OC2=C(C(=O)CCC2)[C@H]1c1ccc([N+](=O)[O-])cc1Cl. The first-order valence-electron chi connectivity index (χ1n) is 7.21. The van der Waals surface area contributed by atoms with E-state index in [-0.39, 0.29) is 27.9 Å². The van der Waals surface area contributed by atoms with Crippen LogP contribution in [0.25, 0.3) is 0 Å². The van der Waals surface area contributed by atoms with E-state index in [1.807, 2.05) is 6.07 Å². The second-order valence-electron chi connectivity index (χ2n) is 5.50. The summed E-state index contributed by atoms with van der Waals surface area (Å²) in [7, 11) is 0. The van der Waals surface area contributed by atoms with E-state index in [1.54, 1.807) is 0 Å². The van der Waals surface area contributed by atoms with Crippen molar-refractivity contribution < 1.29 is 14.5 Å². The van der Waals surface area contributed by atoms with Gasteiger partial charge in [0.1, 0.15) is 17.4 Å². The summed E-state index contributed by atoms with van der Waals surface area (Å²) in [5.41, 5.74) is 6.54. The minimum atomic E-state index is -0.764. The fraction of sp³-hybridized carbons (Fsp3) is 0.250. The topological polar surface area (TPSA) is 119 Å². The monoisotopic (exact) mass is 345 g/mol. The molecule has 1 aromatic carbocycles. The fourth-order valence-corrected chi connectivity index (χ4v) is 3.31. The Morgan fingerprint density at radius 3 is 2.79 bits per heavy atom.